The maximum absolute atomic E-state index is 12.6. The molecule has 1 aliphatic heterocycles. The van der Waals surface area contributed by atoms with Crippen molar-refractivity contribution < 1.29 is 14.3 Å². The Balaban J connectivity index is 0.00000264. The second kappa shape index (κ2) is 9.35. The van der Waals surface area contributed by atoms with Crippen molar-refractivity contribution in [2.24, 2.45) is 0 Å². The molecule has 7 heteroatoms. The number of halogens is 2. The molecule has 0 radical (unpaired) electrons. The molecule has 0 aromatic heterocycles. The lowest BCUT2D eigenvalue weighted by Crippen LogP contribution is -2.40. The van der Waals surface area contributed by atoms with Crippen LogP contribution in [0.1, 0.15) is 30.1 Å². The fraction of sp³-hybridized carbons (Fsp3) is 0.562. The number of nitrogens with one attached hydrogen (secondary N) is 1. The molecule has 1 heterocycles. The van der Waals surface area contributed by atoms with Crippen LogP contribution >= 0.6 is 28.3 Å². The number of nitrogens with zero attached hydrogens (tertiary/aromatic N) is 1. The van der Waals surface area contributed by atoms with Gasteiger partial charge in [-0.15, -0.1) is 12.4 Å². The van der Waals surface area contributed by atoms with Gasteiger partial charge in [0.1, 0.15) is 17.1 Å². The highest BCUT2D eigenvalue weighted by Gasteiger charge is 2.25. The van der Waals surface area contributed by atoms with Gasteiger partial charge in [-0.2, -0.15) is 0 Å². The van der Waals surface area contributed by atoms with Crippen LogP contribution in [0.4, 0.5) is 0 Å². The topological polar surface area (TPSA) is 50.8 Å². The third kappa shape index (κ3) is 4.52. The predicted molar refractivity (Wildman–Crippen MR) is 97.1 cm³/mol. The molecule has 1 aromatic carbocycles. The maximum atomic E-state index is 12.6. The number of likely N-dealkylation sites (N-methyl/N-ethyl adjacent to an activating group) is 1. The zero-order valence-electron chi connectivity index (χ0n) is 13.7. The summed E-state index contributed by atoms with van der Waals surface area (Å²) in [4.78, 5) is 15.0. The van der Waals surface area contributed by atoms with Crippen LogP contribution in [0.15, 0.2) is 16.6 Å². The Labute approximate surface area is 152 Å². The molecule has 0 aliphatic carbocycles. The zero-order chi connectivity index (χ0) is 16.1. The summed E-state index contributed by atoms with van der Waals surface area (Å²) in [5.74, 6) is 0.838. The fourth-order valence-electron chi connectivity index (χ4n) is 2.97. The van der Waals surface area contributed by atoms with Gasteiger partial charge in [0, 0.05) is 12.6 Å². The molecular formula is C16H24BrClN2O3. The van der Waals surface area contributed by atoms with Gasteiger partial charge in [0.2, 0.25) is 0 Å². The van der Waals surface area contributed by atoms with Crippen molar-refractivity contribution in [2.45, 2.75) is 25.8 Å². The van der Waals surface area contributed by atoms with Crippen LogP contribution in [0.25, 0.3) is 0 Å². The molecule has 1 atom stereocenters. The number of benzene rings is 1. The summed E-state index contributed by atoms with van der Waals surface area (Å²) in [6.45, 7) is 4.93. The van der Waals surface area contributed by atoms with E-state index in [1.54, 1.807) is 20.3 Å². The van der Waals surface area contributed by atoms with Crippen LogP contribution in [-0.2, 0) is 0 Å². The van der Waals surface area contributed by atoms with E-state index < -0.39 is 0 Å². The Kier molecular flexibility index (Phi) is 8.16. The SMILES string of the molecule is CCN1CCCC1CNC(=O)c1c(OC)ccc(Br)c1OC.Cl. The standard InChI is InChI=1S/C16H23BrN2O3.ClH/c1-4-19-9-5-6-11(19)10-18-16(20)14-13(21-2)8-7-12(17)15(14)22-3;/h7-8,11H,4-6,9-10H2,1-3H3,(H,18,20);1H. The van der Waals surface area contributed by atoms with Gasteiger partial charge in [-0.1, -0.05) is 6.92 Å². The largest absolute Gasteiger partial charge is 0.496 e. The number of rotatable bonds is 6. The van der Waals surface area contributed by atoms with E-state index in [0.29, 0.717) is 29.6 Å². The molecule has 0 spiro atoms. The Morgan fingerprint density at radius 2 is 2.13 bits per heavy atom. The summed E-state index contributed by atoms with van der Waals surface area (Å²) in [6.07, 6.45) is 2.32. The van der Waals surface area contributed by atoms with Gasteiger partial charge < -0.3 is 14.8 Å². The van der Waals surface area contributed by atoms with Crippen LogP contribution in [0.5, 0.6) is 11.5 Å². The van der Waals surface area contributed by atoms with E-state index in [0.717, 1.165) is 24.0 Å². The van der Waals surface area contributed by atoms with Gasteiger partial charge in [0.15, 0.2) is 0 Å². The summed E-state index contributed by atoms with van der Waals surface area (Å²) in [5, 5.41) is 3.02. The second-order valence-corrected chi connectivity index (χ2v) is 6.15. The van der Waals surface area contributed by atoms with Gasteiger partial charge >= 0.3 is 0 Å². The Bertz CT molecular complexity index is 542. The highest BCUT2D eigenvalue weighted by atomic mass is 79.9. The molecule has 0 saturated carbocycles. The van der Waals surface area contributed by atoms with Crippen LogP contribution in [0.2, 0.25) is 0 Å². The molecule has 1 N–H and O–H groups in total. The van der Waals surface area contributed by atoms with E-state index in [1.807, 2.05) is 6.07 Å². The van der Waals surface area contributed by atoms with Crippen molar-refractivity contribution in [1.29, 1.82) is 0 Å². The highest BCUT2D eigenvalue weighted by Crippen LogP contribution is 2.35. The van der Waals surface area contributed by atoms with Crippen molar-refractivity contribution in [3.8, 4) is 11.5 Å². The number of carbonyl (C=O) groups is 1. The van der Waals surface area contributed by atoms with E-state index in [2.05, 4.69) is 33.1 Å². The highest BCUT2D eigenvalue weighted by molar-refractivity contribution is 9.10. The van der Waals surface area contributed by atoms with E-state index in [9.17, 15) is 4.79 Å². The smallest absolute Gasteiger partial charge is 0.258 e. The summed E-state index contributed by atoms with van der Waals surface area (Å²) in [6, 6.07) is 3.98. The molecule has 0 bridgehead atoms. The maximum Gasteiger partial charge on any atom is 0.258 e. The first-order valence-electron chi connectivity index (χ1n) is 7.55. The molecule has 1 aromatic rings. The monoisotopic (exact) mass is 406 g/mol. The predicted octanol–water partition coefficient (Wildman–Crippen LogP) is 3.10. The van der Waals surface area contributed by atoms with Crippen LogP contribution in [0.3, 0.4) is 0 Å². The average Bonchev–Trinajstić information content (AvgIpc) is 2.99. The molecule has 23 heavy (non-hydrogen) atoms. The quantitative estimate of drug-likeness (QED) is 0.787. The van der Waals surface area contributed by atoms with Gasteiger partial charge in [-0.05, 0) is 54.0 Å². The van der Waals surface area contributed by atoms with E-state index in [-0.39, 0.29) is 18.3 Å². The molecule has 1 fully saturated rings. The second-order valence-electron chi connectivity index (χ2n) is 5.29. The molecule has 5 nitrogen and oxygen atoms in total. The third-order valence-electron chi connectivity index (χ3n) is 4.13. The van der Waals surface area contributed by atoms with Crippen molar-refractivity contribution in [3.05, 3.63) is 22.2 Å². The number of hydrogen-bond acceptors (Lipinski definition) is 4. The van der Waals surface area contributed by atoms with Gasteiger partial charge in [-0.25, -0.2) is 0 Å². The van der Waals surface area contributed by atoms with Crippen LogP contribution < -0.4 is 14.8 Å². The molecule has 1 unspecified atom stereocenters. The molecule has 2 rings (SSSR count). The minimum Gasteiger partial charge on any atom is -0.496 e. The summed E-state index contributed by atoms with van der Waals surface area (Å²) in [7, 11) is 3.10. The average molecular weight is 408 g/mol. The summed E-state index contributed by atoms with van der Waals surface area (Å²) >= 11 is 3.41. The number of carbonyl (C=O) groups excluding carboxylic acids is 1. The first kappa shape index (κ1) is 20.1. The molecular weight excluding hydrogens is 384 g/mol. The minimum absolute atomic E-state index is 0. The number of ether oxygens (including phenoxy) is 2. The molecule has 1 aliphatic rings. The van der Waals surface area contributed by atoms with Gasteiger partial charge in [0.25, 0.3) is 5.91 Å². The fourth-order valence-corrected chi connectivity index (χ4v) is 3.46. The number of methoxy groups -OCH3 is 2. The van der Waals surface area contributed by atoms with Gasteiger partial charge in [-0.3, -0.25) is 9.69 Å². The minimum atomic E-state index is -0.169. The first-order chi connectivity index (χ1) is 10.6. The first-order valence-corrected chi connectivity index (χ1v) is 8.34. The Morgan fingerprint density at radius 3 is 2.74 bits per heavy atom. The molecule has 130 valence electrons. The van der Waals surface area contributed by atoms with Crippen molar-refractivity contribution in [2.75, 3.05) is 33.9 Å². The van der Waals surface area contributed by atoms with Crippen molar-refractivity contribution in [1.82, 2.24) is 10.2 Å². The molecule has 1 amide bonds. The lowest BCUT2D eigenvalue weighted by atomic mass is 10.1. The lowest BCUT2D eigenvalue weighted by molar-refractivity contribution is 0.0935. The van der Waals surface area contributed by atoms with Crippen LogP contribution in [-0.4, -0.2) is 50.7 Å². The Hall–Kier alpha value is -0.980. The van der Waals surface area contributed by atoms with Crippen molar-refractivity contribution in [3.63, 3.8) is 0 Å². The number of amides is 1. The van der Waals surface area contributed by atoms with Crippen LogP contribution in [0, 0.1) is 0 Å². The zero-order valence-corrected chi connectivity index (χ0v) is 16.1. The summed E-state index contributed by atoms with van der Waals surface area (Å²) < 4.78 is 11.4. The van der Waals surface area contributed by atoms with Crippen molar-refractivity contribution >= 4 is 34.2 Å². The van der Waals surface area contributed by atoms with Gasteiger partial charge in [0.05, 0.1) is 18.7 Å². The third-order valence-corrected chi connectivity index (χ3v) is 4.75. The van der Waals surface area contributed by atoms with E-state index >= 15 is 0 Å². The summed E-state index contributed by atoms with van der Waals surface area (Å²) in [5.41, 5.74) is 0.431. The lowest BCUT2D eigenvalue weighted by Gasteiger charge is -2.23. The Morgan fingerprint density at radius 1 is 1.39 bits per heavy atom. The van der Waals surface area contributed by atoms with E-state index in [4.69, 9.17) is 9.47 Å². The number of hydrogen-bond donors (Lipinski definition) is 1. The van der Waals surface area contributed by atoms with E-state index in [1.165, 1.54) is 6.42 Å². The number of likely N-dealkylation sites (tertiary alicyclic amines) is 1. The molecule has 1 saturated heterocycles. The normalized spacial score (nSPS) is 17.5.